The predicted octanol–water partition coefficient (Wildman–Crippen LogP) is 8.09. The number of hydrogen-bond acceptors (Lipinski definition) is 10. The summed E-state index contributed by atoms with van der Waals surface area (Å²) in [6, 6.07) is 17.0. The molecule has 2 N–H and O–H groups in total. The van der Waals surface area contributed by atoms with Gasteiger partial charge in [0.25, 0.3) is 0 Å². The number of pyridine rings is 1. The number of amides is 1. The fourth-order valence-corrected chi connectivity index (χ4v) is 8.40. The van der Waals surface area contributed by atoms with Crippen LogP contribution in [0.25, 0.3) is 10.9 Å². The van der Waals surface area contributed by atoms with Gasteiger partial charge in [0.1, 0.15) is 42.7 Å². The summed E-state index contributed by atoms with van der Waals surface area (Å²) in [6.45, 7) is 4.43. The monoisotopic (exact) mass is 694 g/mol. The lowest BCUT2D eigenvalue weighted by Crippen LogP contribution is -2.25. The molecule has 4 aromatic rings. The number of halogens is 2. The van der Waals surface area contributed by atoms with E-state index in [-0.39, 0.29) is 37.0 Å². The molecule has 0 unspecified atom stereocenters. The molecule has 0 radical (unpaired) electrons. The number of nitrogens with zero attached hydrogens (tertiary/aromatic N) is 2. The number of carbonyl (C=O) groups is 1. The van der Waals surface area contributed by atoms with Gasteiger partial charge in [-0.1, -0.05) is 45.3 Å². The highest BCUT2D eigenvalue weighted by Crippen LogP contribution is 2.39. The standard InChI is InChI=1S/C34H32ClFN4O5S2/c1-34(2)44-17-25(45-34)16-43-31-12-28-26(11-29(31)40-32(41)9-21-18-46-47-19-21)33(22(13-37)14-38-28)39-24-6-7-30(27(35)10-24)42-15-20-4-3-5-23(36)8-20/h3-8,10-12,14,21,25H,9,15-19H2,1-2H3,(H,38,39)(H,40,41)/t25-/m0/s1. The Bertz CT molecular complexity index is 1830. The molecule has 2 fully saturated rings. The van der Waals surface area contributed by atoms with E-state index in [2.05, 4.69) is 21.7 Å². The Labute approximate surface area is 284 Å². The van der Waals surface area contributed by atoms with Crippen molar-refractivity contribution >= 4 is 67.1 Å². The molecule has 2 saturated heterocycles. The Hall–Kier alpha value is -3.73. The van der Waals surface area contributed by atoms with Gasteiger partial charge in [0.05, 0.1) is 34.1 Å². The maximum Gasteiger partial charge on any atom is 0.224 e. The Kier molecular flexibility index (Phi) is 10.3. The molecule has 1 atom stereocenters. The first kappa shape index (κ1) is 33.2. The van der Waals surface area contributed by atoms with Gasteiger partial charge in [-0.3, -0.25) is 9.78 Å². The van der Waals surface area contributed by atoms with Crippen LogP contribution in [0.15, 0.2) is 60.8 Å². The number of aromatic nitrogens is 1. The Morgan fingerprint density at radius 1 is 1.15 bits per heavy atom. The lowest BCUT2D eigenvalue weighted by atomic mass is 10.1. The van der Waals surface area contributed by atoms with Crippen molar-refractivity contribution in [2.75, 3.05) is 35.4 Å². The summed E-state index contributed by atoms with van der Waals surface area (Å²) >= 11 is 6.56. The van der Waals surface area contributed by atoms with Crippen LogP contribution < -0.4 is 20.1 Å². The normalized spacial score (nSPS) is 17.4. The van der Waals surface area contributed by atoms with Gasteiger partial charge in [0.2, 0.25) is 5.91 Å². The van der Waals surface area contributed by atoms with Gasteiger partial charge >= 0.3 is 0 Å². The van der Waals surface area contributed by atoms with Gasteiger partial charge in [-0.25, -0.2) is 4.39 Å². The van der Waals surface area contributed by atoms with Gasteiger partial charge in [0.15, 0.2) is 5.79 Å². The third kappa shape index (κ3) is 8.41. The van der Waals surface area contributed by atoms with E-state index in [1.165, 1.54) is 18.3 Å². The zero-order valence-electron chi connectivity index (χ0n) is 25.7. The second-order valence-corrected chi connectivity index (χ2v) is 14.6. The van der Waals surface area contributed by atoms with Crippen molar-refractivity contribution < 1.29 is 28.1 Å². The number of carbonyl (C=O) groups excluding carboxylic acids is 1. The molecule has 9 nitrogen and oxygen atoms in total. The fourth-order valence-electron chi connectivity index (χ4n) is 5.23. The van der Waals surface area contributed by atoms with Crippen LogP contribution in [0.3, 0.4) is 0 Å². The summed E-state index contributed by atoms with van der Waals surface area (Å²) < 4.78 is 37.2. The smallest absolute Gasteiger partial charge is 0.224 e. The van der Waals surface area contributed by atoms with Gasteiger partial charge < -0.3 is 29.6 Å². The fraction of sp³-hybridized carbons (Fsp3) is 0.324. The minimum absolute atomic E-state index is 0.122. The van der Waals surface area contributed by atoms with Crippen LogP contribution in [-0.2, 0) is 20.9 Å². The van der Waals surface area contributed by atoms with E-state index >= 15 is 0 Å². The second kappa shape index (κ2) is 14.6. The number of benzene rings is 3. The highest BCUT2D eigenvalue weighted by Gasteiger charge is 2.33. The summed E-state index contributed by atoms with van der Waals surface area (Å²) in [4.78, 5) is 17.7. The van der Waals surface area contributed by atoms with Crippen LogP contribution >= 0.6 is 33.2 Å². The number of ether oxygens (including phenoxy) is 4. The lowest BCUT2D eigenvalue weighted by Gasteiger charge is -2.19. The van der Waals surface area contributed by atoms with Crippen LogP contribution in [0.4, 0.5) is 21.5 Å². The number of anilines is 3. The van der Waals surface area contributed by atoms with Gasteiger partial charge in [-0.2, -0.15) is 5.26 Å². The third-order valence-electron chi connectivity index (χ3n) is 7.51. The quantitative estimate of drug-likeness (QED) is 0.149. The lowest BCUT2D eigenvalue weighted by molar-refractivity contribution is -0.141. The van der Waals surface area contributed by atoms with Crippen molar-refractivity contribution in [2.24, 2.45) is 5.92 Å². The number of fused-ring (bicyclic) bond motifs is 1. The molecule has 6 rings (SSSR count). The Morgan fingerprint density at radius 2 is 1.98 bits per heavy atom. The summed E-state index contributed by atoms with van der Waals surface area (Å²) in [5.74, 6) is 1.83. The molecule has 2 aliphatic heterocycles. The molecule has 0 saturated carbocycles. The third-order valence-corrected chi connectivity index (χ3v) is 10.5. The molecule has 13 heteroatoms. The van der Waals surface area contributed by atoms with E-state index in [0.29, 0.717) is 68.6 Å². The minimum atomic E-state index is -0.698. The predicted molar refractivity (Wildman–Crippen MR) is 184 cm³/mol. The molecule has 2 aliphatic rings. The molecular weight excluding hydrogens is 663 g/mol. The first-order valence-electron chi connectivity index (χ1n) is 15.0. The highest BCUT2D eigenvalue weighted by molar-refractivity contribution is 8.77. The summed E-state index contributed by atoms with van der Waals surface area (Å²) in [6.07, 6.45) is 1.59. The van der Waals surface area contributed by atoms with E-state index in [1.54, 1.807) is 64.1 Å². The van der Waals surface area contributed by atoms with Crippen LogP contribution in [-0.4, -0.2) is 47.5 Å². The molecule has 0 spiro atoms. The summed E-state index contributed by atoms with van der Waals surface area (Å²) in [5, 5.41) is 17.3. The highest BCUT2D eigenvalue weighted by atomic mass is 35.5. The molecule has 0 aliphatic carbocycles. The number of nitriles is 1. The minimum Gasteiger partial charge on any atom is -0.489 e. The van der Waals surface area contributed by atoms with Gasteiger partial charge in [-0.05, 0) is 61.7 Å². The molecular formula is C34H32ClFN4O5S2. The van der Waals surface area contributed by atoms with Crippen LogP contribution in [0.1, 0.15) is 31.4 Å². The SMILES string of the molecule is CC1(C)OC[C@H](COc2cc3ncc(C#N)c(Nc4ccc(OCc5cccc(F)c5)c(Cl)c4)c3cc2NC(=O)CC2CSSC2)O1. The van der Waals surface area contributed by atoms with E-state index in [4.69, 9.17) is 30.5 Å². The molecule has 47 heavy (non-hydrogen) atoms. The number of hydrogen-bond donors (Lipinski definition) is 2. The van der Waals surface area contributed by atoms with Crippen LogP contribution in [0.2, 0.25) is 5.02 Å². The zero-order valence-corrected chi connectivity index (χ0v) is 28.1. The second-order valence-electron chi connectivity index (χ2n) is 11.7. The molecule has 0 bridgehead atoms. The maximum atomic E-state index is 13.6. The molecule has 3 aromatic carbocycles. The van der Waals surface area contributed by atoms with Gasteiger partial charge in [-0.15, -0.1) is 0 Å². The first-order valence-corrected chi connectivity index (χ1v) is 17.8. The van der Waals surface area contributed by atoms with Crippen molar-refractivity contribution in [3.8, 4) is 17.6 Å². The van der Waals surface area contributed by atoms with Crippen molar-refractivity contribution in [1.29, 1.82) is 5.26 Å². The van der Waals surface area contributed by atoms with Crippen LogP contribution in [0, 0.1) is 23.1 Å². The zero-order chi connectivity index (χ0) is 33.0. The van der Waals surface area contributed by atoms with E-state index in [9.17, 15) is 14.4 Å². The molecule has 244 valence electrons. The molecule has 1 aromatic heterocycles. The Morgan fingerprint density at radius 3 is 2.70 bits per heavy atom. The van der Waals surface area contributed by atoms with E-state index in [1.807, 2.05) is 13.8 Å². The summed E-state index contributed by atoms with van der Waals surface area (Å²) in [5.41, 5.74) is 3.06. The molecule has 1 amide bonds. The number of nitrogens with one attached hydrogen (secondary N) is 2. The summed E-state index contributed by atoms with van der Waals surface area (Å²) in [7, 11) is 3.55. The first-order chi connectivity index (χ1) is 22.7. The van der Waals surface area contributed by atoms with E-state index in [0.717, 1.165) is 11.5 Å². The van der Waals surface area contributed by atoms with Crippen molar-refractivity contribution in [3.63, 3.8) is 0 Å². The largest absolute Gasteiger partial charge is 0.489 e. The van der Waals surface area contributed by atoms with Crippen LogP contribution in [0.5, 0.6) is 11.5 Å². The van der Waals surface area contributed by atoms with Gasteiger partial charge in [0, 0.05) is 41.3 Å². The van der Waals surface area contributed by atoms with Crippen molar-refractivity contribution in [3.05, 3.63) is 82.8 Å². The maximum absolute atomic E-state index is 13.6. The van der Waals surface area contributed by atoms with Crippen molar-refractivity contribution in [2.45, 2.75) is 38.8 Å². The Balaban J connectivity index is 1.27. The van der Waals surface area contributed by atoms with E-state index < -0.39 is 5.79 Å². The average Bonchev–Trinajstić information content (AvgIpc) is 3.68. The average molecular weight is 695 g/mol. The topological polar surface area (TPSA) is 115 Å². The van der Waals surface area contributed by atoms with Crippen molar-refractivity contribution in [1.82, 2.24) is 4.98 Å². The number of rotatable bonds is 11. The molecule has 3 heterocycles.